The van der Waals surface area contributed by atoms with Crippen LogP contribution >= 0.6 is 0 Å². The lowest BCUT2D eigenvalue weighted by Crippen LogP contribution is -2.38. The van der Waals surface area contributed by atoms with E-state index >= 15 is 0 Å². The summed E-state index contributed by atoms with van der Waals surface area (Å²) in [5.41, 5.74) is 0. The largest absolute Gasteiger partial charge is 0.358 e. The molecule has 1 rings (SSSR count). The lowest BCUT2D eigenvalue weighted by Gasteiger charge is -2.04. The van der Waals surface area contributed by atoms with E-state index in [9.17, 15) is 4.79 Å². The second-order valence-corrected chi connectivity index (χ2v) is 1.93. The van der Waals surface area contributed by atoms with Gasteiger partial charge in [0.1, 0.15) is 6.04 Å². The fourth-order valence-corrected chi connectivity index (χ4v) is 0.803. The lowest BCUT2D eigenvalue weighted by molar-refractivity contribution is -0.121. The van der Waals surface area contributed by atoms with Crippen LogP contribution in [0.15, 0.2) is 12.2 Å². The Hall–Kier alpha value is -0.830. The molecule has 0 aromatic carbocycles. The molecule has 0 unspecified atom stereocenters. The van der Waals surface area contributed by atoms with Gasteiger partial charge in [0.2, 0.25) is 5.91 Å². The molecule has 3 nitrogen and oxygen atoms in total. The Morgan fingerprint density at radius 2 is 2.67 bits per heavy atom. The molecular weight excluding hydrogens is 116 g/mol. The van der Waals surface area contributed by atoms with Crippen LogP contribution in [0.4, 0.5) is 0 Å². The van der Waals surface area contributed by atoms with Gasteiger partial charge in [-0.3, -0.25) is 10.1 Å². The maximum absolute atomic E-state index is 10.8. The van der Waals surface area contributed by atoms with Crippen LogP contribution in [0.25, 0.3) is 0 Å². The summed E-state index contributed by atoms with van der Waals surface area (Å²) in [7, 11) is 1.64. The highest BCUT2D eigenvalue weighted by molar-refractivity contribution is 5.83. The highest BCUT2D eigenvalue weighted by Gasteiger charge is 2.14. The zero-order valence-electron chi connectivity index (χ0n) is 5.35. The van der Waals surface area contributed by atoms with Gasteiger partial charge in [0.25, 0.3) is 0 Å². The molecule has 1 aliphatic rings. The van der Waals surface area contributed by atoms with Crippen LogP contribution < -0.4 is 10.6 Å². The second kappa shape index (κ2) is 2.64. The van der Waals surface area contributed by atoms with Crippen LogP contribution in [0.5, 0.6) is 0 Å². The molecule has 2 N–H and O–H groups in total. The van der Waals surface area contributed by atoms with Gasteiger partial charge in [-0.15, -0.1) is 0 Å². The molecule has 0 spiro atoms. The molecule has 0 saturated heterocycles. The molecule has 50 valence electrons. The number of nitrogens with one attached hydrogen (secondary N) is 2. The van der Waals surface area contributed by atoms with Crippen molar-refractivity contribution in [2.24, 2.45) is 0 Å². The maximum atomic E-state index is 10.8. The first-order chi connectivity index (χ1) is 4.34. The Kier molecular flexibility index (Phi) is 1.85. The van der Waals surface area contributed by atoms with E-state index in [2.05, 4.69) is 10.6 Å². The van der Waals surface area contributed by atoms with Gasteiger partial charge in [-0.05, 0) is 0 Å². The van der Waals surface area contributed by atoms with Crippen molar-refractivity contribution in [1.82, 2.24) is 10.6 Å². The summed E-state index contributed by atoms with van der Waals surface area (Å²) < 4.78 is 0. The zero-order valence-corrected chi connectivity index (χ0v) is 5.35. The zero-order chi connectivity index (χ0) is 6.69. The summed E-state index contributed by atoms with van der Waals surface area (Å²) in [6.45, 7) is 0.804. The third-order valence-corrected chi connectivity index (χ3v) is 1.31. The van der Waals surface area contributed by atoms with Gasteiger partial charge in [-0.25, -0.2) is 0 Å². The van der Waals surface area contributed by atoms with E-state index in [4.69, 9.17) is 0 Å². The average Bonchev–Trinajstić information content (AvgIpc) is 2.37. The summed E-state index contributed by atoms with van der Waals surface area (Å²) in [4.78, 5) is 10.8. The van der Waals surface area contributed by atoms with Gasteiger partial charge in [0.15, 0.2) is 0 Å². The third-order valence-electron chi connectivity index (χ3n) is 1.31. The van der Waals surface area contributed by atoms with Crippen LogP contribution in [-0.4, -0.2) is 25.5 Å². The number of likely N-dealkylation sites (N-methyl/N-ethyl adjacent to an activating group) is 1. The SMILES string of the molecule is CNC(=O)[C@H]1C=CCN1. The fraction of sp³-hybridized carbons (Fsp3) is 0.500. The standard InChI is InChI=1S/C6H10N2O/c1-7-6(9)5-3-2-4-8-5/h2-3,5,8H,4H2,1H3,(H,7,9)/t5-/m1/s1. The Morgan fingerprint density at radius 3 is 3.11 bits per heavy atom. The smallest absolute Gasteiger partial charge is 0.240 e. The van der Waals surface area contributed by atoms with Crippen molar-refractivity contribution in [3.63, 3.8) is 0 Å². The van der Waals surface area contributed by atoms with Crippen LogP contribution in [0.1, 0.15) is 0 Å². The van der Waals surface area contributed by atoms with Crippen LogP contribution in [0.2, 0.25) is 0 Å². The van der Waals surface area contributed by atoms with Crippen molar-refractivity contribution in [2.45, 2.75) is 6.04 Å². The van der Waals surface area contributed by atoms with E-state index in [0.29, 0.717) is 0 Å². The number of amides is 1. The third kappa shape index (κ3) is 1.29. The minimum absolute atomic E-state index is 0.0313. The molecule has 0 bridgehead atoms. The first kappa shape index (κ1) is 6.29. The molecule has 0 saturated carbocycles. The summed E-state index contributed by atoms with van der Waals surface area (Å²) in [6.07, 6.45) is 3.80. The molecule has 0 fully saturated rings. The number of carbonyl (C=O) groups is 1. The van der Waals surface area contributed by atoms with Crippen LogP contribution in [0, 0.1) is 0 Å². The minimum Gasteiger partial charge on any atom is -0.358 e. The molecule has 1 heterocycles. The van der Waals surface area contributed by atoms with Gasteiger partial charge < -0.3 is 5.32 Å². The van der Waals surface area contributed by atoms with Crippen molar-refractivity contribution >= 4 is 5.91 Å². The molecule has 1 aliphatic heterocycles. The van der Waals surface area contributed by atoms with Gasteiger partial charge in [-0.2, -0.15) is 0 Å². The Labute approximate surface area is 54.1 Å². The quantitative estimate of drug-likeness (QED) is 0.454. The monoisotopic (exact) mass is 126 g/mol. The summed E-state index contributed by atoms with van der Waals surface area (Å²) in [5.74, 6) is 0.0313. The van der Waals surface area contributed by atoms with Gasteiger partial charge >= 0.3 is 0 Å². The molecule has 0 radical (unpaired) electrons. The van der Waals surface area contributed by atoms with Crippen molar-refractivity contribution in [1.29, 1.82) is 0 Å². The van der Waals surface area contributed by atoms with Crippen molar-refractivity contribution in [2.75, 3.05) is 13.6 Å². The van der Waals surface area contributed by atoms with E-state index in [-0.39, 0.29) is 11.9 Å². The predicted octanol–water partition coefficient (Wildman–Crippen LogP) is -0.740. The molecular formula is C6H10N2O. The van der Waals surface area contributed by atoms with Gasteiger partial charge in [-0.1, -0.05) is 12.2 Å². The van der Waals surface area contributed by atoms with E-state index < -0.39 is 0 Å². The fourth-order valence-electron chi connectivity index (χ4n) is 0.803. The average molecular weight is 126 g/mol. The molecule has 0 aliphatic carbocycles. The Bertz CT molecular complexity index is 142. The molecule has 0 aromatic rings. The second-order valence-electron chi connectivity index (χ2n) is 1.93. The molecule has 0 aromatic heterocycles. The van der Waals surface area contributed by atoms with Crippen molar-refractivity contribution in [3.8, 4) is 0 Å². The minimum atomic E-state index is -0.102. The van der Waals surface area contributed by atoms with E-state index in [1.165, 1.54) is 0 Å². The Morgan fingerprint density at radius 1 is 1.89 bits per heavy atom. The van der Waals surface area contributed by atoms with Crippen molar-refractivity contribution in [3.05, 3.63) is 12.2 Å². The van der Waals surface area contributed by atoms with E-state index in [0.717, 1.165) is 6.54 Å². The number of hydrogen-bond donors (Lipinski definition) is 2. The van der Waals surface area contributed by atoms with Gasteiger partial charge in [0, 0.05) is 13.6 Å². The molecule has 3 heteroatoms. The Balaban J connectivity index is 2.43. The van der Waals surface area contributed by atoms with E-state index in [1.807, 2.05) is 12.2 Å². The summed E-state index contributed by atoms with van der Waals surface area (Å²) >= 11 is 0. The summed E-state index contributed by atoms with van der Waals surface area (Å²) in [5, 5.41) is 5.54. The normalized spacial score (nSPS) is 24.3. The lowest BCUT2D eigenvalue weighted by atomic mass is 10.3. The number of rotatable bonds is 1. The highest BCUT2D eigenvalue weighted by Crippen LogP contribution is 1.92. The predicted molar refractivity (Wildman–Crippen MR) is 35.0 cm³/mol. The van der Waals surface area contributed by atoms with Crippen LogP contribution in [0.3, 0.4) is 0 Å². The first-order valence-electron chi connectivity index (χ1n) is 2.96. The van der Waals surface area contributed by atoms with Gasteiger partial charge in [0.05, 0.1) is 0 Å². The molecule has 1 atom stereocenters. The topological polar surface area (TPSA) is 41.1 Å². The first-order valence-corrected chi connectivity index (χ1v) is 2.96. The van der Waals surface area contributed by atoms with E-state index in [1.54, 1.807) is 7.05 Å². The number of carbonyl (C=O) groups excluding carboxylic acids is 1. The number of hydrogen-bond acceptors (Lipinski definition) is 2. The maximum Gasteiger partial charge on any atom is 0.240 e. The summed E-state index contributed by atoms with van der Waals surface area (Å²) in [6, 6.07) is -0.102. The highest BCUT2D eigenvalue weighted by atomic mass is 16.2. The van der Waals surface area contributed by atoms with Crippen molar-refractivity contribution < 1.29 is 4.79 Å². The molecule has 9 heavy (non-hydrogen) atoms. The molecule has 1 amide bonds. The van der Waals surface area contributed by atoms with Crippen LogP contribution in [-0.2, 0) is 4.79 Å².